The van der Waals surface area contributed by atoms with Crippen LogP contribution in [0.25, 0.3) is 0 Å². The molecule has 1 heterocycles. The Morgan fingerprint density at radius 2 is 1.91 bits per heavy atom. The molecule has 6 heteroatoms. The minimum atomic E-state index is -0.0372. The summed E-state index contributed by atoms with van der Waals surface area (Å²) in [6.07, 6.45) is 0. The van der Waals surface area contributed by atoms with Gasteiger partial charge in [-0.1, -0.05) is 29.8 Å². The van der Waals surface area contributed by atoms with Crippen molar-refractivity contribution >= 4 is 29.3 Å². The molecule has 1 amide bonds. The van der Waals surface area contributed by atoms with Gasteiger partial charge in [-0.25, -0.2) is 0 Å². The quantitative estimate of drug-likeness (QED) is 0.839. The largest absolute Gasteiger partial charge is 0.486 e. The molecule has 0 radical (unpaired) electrons. The predicted molar refractivity (Wildman–Crippen MR) is 91.5 cm³/mol. The Balaban J connectivity index is 1.50. The second-order valence-electron chi connectivity index (χ2n) is 4.97. The van der Waals surface area contributed by atoms with Crippen LogP contribution in [0, 0.1) is 0 Å². The van der Waals surface area contributed by atoms with E-state index in [1.54, 1.807) is 0 Å². The van der Waals surface area contributed by atoms with Crippen LogP contribution in [0.15, 0.2) is 47.4 Å². The molecule has 0 atom stereocenters. The van der Waals surface area contributed by atoms with E-state index in [0.717, 1.165) is 22.0 Å². The highest BCUT2D eigenvalue weighted by atomic mass is 35.5. The molecule has 3 rings (SSSR count). The summed E-state index contributed by atoms with van der Waals surface area (Å²) in [7, 11) is 0. The SMILES string of the molecule is O=C(CSc1ccccc1Cl)NCc1ccc2c(c1)OCCO2. The van der Waals surface area contributed by atoms with Gasteiger partial charge >= 0.3 is 0 Å². The van der Waals surface area contributed by atoms with E-state index in [1.807, 2.05) is 42.5 Å². The fraction of sp³-hybridized carbons (Fsp3) is 0.235. The lowest BCUT2D eigenvalue weighted by Crippen LogP contribution is -2.24. The smallest absolute Gasteiger partial charge is 0.230 e. The summed E-state index contributed by atoms with van der Waals surface area (Å²) < 4.78 is 11.0. The topological polar surface area (TPSA) is 47.6 Å². The van der Waals surface area contributed by atoms with E-state index in [1.165, 1.54) is 11.8 Å². The van der Waals surface area contributed by atoms with E-state index in [4.69, 9.17) is 21.1 Å². The zero-order chi connectivity index (χ0) is 16.1. The molecule has 0 bridgehead atoms. The minimum absolute atomic E-state index is 0.0372. The van der Waals surface area contributed by atoms with Gasteiger partial charge in [0.2, 0.25) is 5.91 Å². The van der Waals surface area contributed by atoms with Crippen molar-refractivity contribution in [1.29, 1.82) is 0 Å². The number of ether oxygens (including phenoxy) is 2. The minimum Gasteiger partial charge on any atom is -0.486 e. The summed E-state index contributed by atoms with van der Waals surface area (Å²) in [5.74, 6) is 1.77. The van der Waals surface area contributed by atoms with Gasteiger partial charge in [0.15, 0.2) is 11.5 Å². The fourth-order valence-corrected chi connectivity index (χ4v) is 3.22. The van der Waals surface area contributed by atoms with Gasteiger partial charge in [-0.05, 0) is 29.8 Å². The molecule has 0 saturated heterocycles. The van der Waals surface area contributed by atoms with E-state index in [0.29, 0.717) is 30.5 Å². The molecule has 0 saturated carbocycles. The molecule has 2 aromatic carbocycles. The molecule has 23 heavy (non-hydrogen) atoms. The summed E-state index contributed by atoms with van der Waals surface area (Å²) in [6.45, 7) is 1.58. The molecular formula is C17H16ClNO3S. The Hall–Kier alpha value is -1.85. The number of halogens is 1. The standard InChI is InChI=1S/C17H16ClNO3S/c18-13-3-1-2-4-16(13)23-11-17(20)19-10-12-5-6-14-15(9-12)22-8-7-21-14/h1-6,9H,7-8,10-11H2,(H,19,20). The Morgan fingerprint density at radius 1 is 1.13 bits per heavy atom. The normalized spacial score (nSPS) is 12.7. The van der Waals surface area contributed by atoms with Crippen LogP contribution in [0.3, 0.4) is 0 Å². The molecule has 4 nitrogen and oxygen atoms in total. The maximum absolute atomic E-state index is 12.0. The number of carbonyl (C=O) groups excluding carboxylic acids is 1. The molecule has 120 valence electrons. The number of benzene rings is 2. The first-order valence-corrected chi connectivity index (χ1v) is 8.61. The van der Waals surface area contributed by atoms with Gasteiger partial charge in [-0.2, -0.15) is 0 Å². The van der Waals surface area contributed by atoms with E-state index < -0.39 is 0 Å². The van der Waals surface area contributed by atoms with Crippen molar-refractivity contribution in [2.45, 2.75) is 11.4 Å². The molecular weight excluding hydrogens is 334 g/mol. The van der Waals surface area contributed by atoms with Crippen LogP contribution in [0.4, 0.5) is 0 Å². The molecule has 0 aromatic heterocycles. The third kappa shape index (κ3) is 4.33. The predicted octanol–water partition coefficient (Wildman–Crippen LogP) is 3.52. The Labute approximate surface area is 144 Å². The molecule has 1 aliphatic rings. The van der Waals surface area contributed by atoms with Gasteiger partial charge in [0.1, 0.15) is 13.2 Å². The Morgan fingerprint density at radius 3 is 2.74 bits per heavy atom. The highest BCUT2D eigenvalue weighted by Gasteiger charge is 2.12. The first-order chi connectivity index (χ1) is 11.2. The number of rotatable bonds is 5. The first kappa shape index (κ1) is 16.0. The third-order valence-corrected chi connectivity index (χ3v) is 4.81. The summed E-state index contributed by atoms with van der Waals surface area (Å²) in [6, 6.07) is 13.2. The van der Waals surface area contributed by atoms with Crippen molar-refractivity contribution in [2.24, 2.45) is 0 Å². The van der Waals surface area contributed by atoms with Crippen LogP contribution >= 0.6 is 23.4 Å². The number of amides is 1. The van der Waals surface area contributed by atoms with Crippen molar-refractivity contribution in [3.8, 4) is 11.5 Å². The van der Waals surface area contributed by atoms with E-state index >= 15 is 0 Å². The number of hydrogen-bond acceptors (Lipinski definition) is 4. The van der Waals surface area contributed by atoms with Crippen molar-refractivity contribution in [3.63, 3.8) is 0 Å². The van der Waals surface area contributed by atoms with Crippen LogP contribution in [0.5, 0.6) is 11.5 Å². The van der Waals surface area contributed by atoms with Crippen LogP contribution in [-0.2, 0) is 11.3 Å². The molecule has 0 unspecified atom stereocenters. The summed E-state index contributed by atoms with van der Waals surface area (Å²) in [4.78, 5) is 12.9. The van der Waals surface area contributed by atoms with Crippen LogP contribution < -0.4 is 14.8 Å². The second-order valence-corrected chi connectivity index (χ2v) is 6.40. The van der Waals surface area contributed by atoms with Crippen molar-refractivity contribution in [3.05, 3.63) is 53.1 Å². The lowest BCUT2D eigenvalue weighted by atomic mass is 10.2. The monoisotopic (exact) mass is 349 g/mol. The van der Waals surface area contributed by atoms with E-state index in [-0.39, 0.29) is 5.91 Å². The third-order valence-electron chi connectivity index (χ3n) is 3.29. The van der Waals surface area contributed by atoms with Crippen molar-refractivity contribution in [1.82, 2.24) is 5.32 Å². The number of hydrogen-bond donors (Lipinski definition) is 1. The van der Waals surface area contributed by atoms with Gasteiger partial charge in [0, 0.05) is 11.4 Å². The van der Waals surface area contributed by atoms with Gasteiger partial charge in [0.25, 0.3) is 0 Å². The maximum Gasteiger partial charge on any atom is 0.230 e. The maximum atomic E-state index is 12.0. The van der Waals surface area contributed by atoms with E-state index in [2.05, 4.69) is 5.32 Å². The zero-order valence-electron chi connectivity index (χ0n) is 12.4. The Bertz CT molecular complexity index is 708. The highest BCUT2D eigenvalue weighted by molar-refractivity contribution is 8.00. The Kier molecular flexibility index (Phi) is 5.31. The van der Waals surface area contributed by atoms with Crippen molar-refractivity contribution in [2.75, 3.05) is 19.0 Å². The van der Waals surface area contributed by atoms with Crippen LogP contribution in [0.2, 0.25) is 5.02 Å². The van der Waals surface area contributed by atoms with Gasteiger partial charge in [0.05, 0.1) is 10.8 Å². The highest BCUT2D eigenvalue weighted by Crippen LogP contribution is 2.30. The number of carbonyl (C=O) groups is 1. The number of fused-ring (bicyclic) bond motifs is 1. The average Bonchev–Trinajstić information content (AvgIpc) is 2.59. The molecule has 1 aliphatic heterocycles. The fourth-order valence-electron chi connectivity index (χ4n) is 2.15. The molecule has 0 spiro atoms. The van der Waals surface area contributed by atoms with Gasteiger partial charge in [-0.3, -0.25) is 4.79 Å². The molecule has 0 aliphatic carbocycles. The second kappa shape index (κ2) is 7.62. The van der Waals surface area contributed by atoms with Crippen LogP contribution in [-0.4, -0.2) is 24.9 Å². The summed E-state index contributed by atoms with van der Waals surface area (Å²) in [5.41, 5.74) is 0.977. The van der Waals surface area contributed by atoms with Crippen molar-refractivity contribution < 1.29 is 14.3 Å². The summed E-state index contributed by atoms with van der Waals surface area (Å²) in [5, 5.41) is 3.56. The van der Waals surface area contributed by atoms with E-state index in [9.17, 15) is 4.79 Å². The first-order valence-electron chi connectivity index (χ1n) is 7.25. The average molecular weight is 350 g/mol. The lowest BCUT2D eigenvalue weighted by Gasteiger charge is -2.19. The zero-order valence-corrected chi connectivity index (χ0v) is 14.0. The lowest BCUT2D eigenvalue weighted by molar-refractivity contribution is -0.118. The summed E-state index contributed by atoms with van der Waals surface area (Å²) >= 11 is 7.49. The van der Waals surface area contributed by atoms with Crippen LogP contribution in [0.1, 0.15) is 5.56 Å². The molecule has 1 N–H and O–H groups in total. The van der Waals surface area contributed by atoms with Gasteiger partial charge < -0.3 is 14.8 Å². The molecule has 2 aromatic rings. The number of nitrogens with one attached hydrogen (secondary N) is 1. The molecule has 0 fully saturated rings. The number of thioether (sulfide) groups is 1. The van der Waals surface area contributed by atoms with Gasteiger partial charge in [-0.15, -0.1) is 11.8 Å².